The van der Waals surface area contributed by atoms with Crippen LogP contribution in [-0.2, 0) is 28.5 Å². The van der Waals surface area contributed by atoms with Crippen molar-refractivity contribution in [1.29, 1.82) is 0 Å². The monoisotopic (exact) mass is 313 g/mol. The maximum atomic E-state index is 12.3. The molecule has 3 heterocycles. The molecule has 22 heavy (non-hydrogen) atoms. The van der Waals surface area contributed by atoms with Gasteiger partial charge in [-0.3, -0.25) is 4.79 Å². The van der Waals surface area contributed by atoms with Gasteiger partial charge in [0.25, 0.3) is 5.91 Å². The molecule has 1 N–H and O–H groups in total. The Kier molecular flexibility index (Phi) is 3.81. The molecule has 1 amide bonds. The van der Waals surface area contributed by atoms with Gasteiger partial charge < -0.3 is 29.0 Å². The normalized spacial score (nSPS) is 41.5. The second-order valence-electron chi connectivity index (χ2n) is 6.62. The fraction of sp³-hybridized carbons (Fsp3) is 0.800. The first-order valence-corrected chi connectivity index (χ1v) is 7.48. The van der Waals surface area contributed by atoms with Crippen LogP contribution in [0, 0.1) is 0 Å². The van der Waals surface area contributed by atoms with Crippen LogP contribution in [0.25, 0.3) is 0 Å². The average molecular weight is 313 g/mol. The molecule has 7 nitrogen and oxygen atoms in total. The van der Waals surface area contributed by atoms with Crippen LogP contribution < -0.4 is 5.32 Å². The van der Waals surface area contributed by atoms with Gasteiger partial charge in [-0.05, 0) is 27.7 Å². The van der Waals surface area contributed by atoms with E-state index in [0.717, 1.165) is 0 Å². The topological polar surface area (TPSA) is 75.3 Å². The Labute approximate surface area is 129 Å². The lowest BCUT2D eigenvalue weighted by atomic mass is 9.98. The molecule has 3 saturated heterocycles. The second-order valence-corrected chi connectivity index (χ2v) is 6.62. The minimum absolute atomic E-state index is 0.275. The molecular formula is C15H23NO6. The zero-order chi connectivity index (χ0) is 16.1. The van der Waals surface area contributed by atoms with Crippen molar-refractivity contribution in [3.63, 3.8) is 0 Å². The molecular weight excluding hydrogens is 290 g/mol. The Bertz CT molecular complexity index is 477. The number of rotatable bonds is 3. The predicted octanol–water partition coefficient (Wildman–Crippen LogP) is 0.685. The van der Waals surface area contributed by atoms with E-state index >= 15 is 0 Å². The summed E-state index contributed by atoms with van der Waals surface area (Å²) < 4.78 is 29.2. The summed E-state index contributed by atoms with van der Waals surface area (Å²) in [6.45, 7) is 11.2. The van der Waals surface area contributed by atoms with Crippen molar-refractivity contribution >= 4 is 5.91 Å². The first-order chi connectivity index (χ1) is 10.2. The molecule has 3 aliphatic heterocycles. The van der Waals surface area contributed by atoms with Crippen molar-refractivity contribution in [2.45, 2.75) is 70.0 Å². The molecule has 5 unspecified atom stereocenters. The molecule has 124 valence electrons. The molecule has 5 atom stereocenters. The number of hydrogen-bond donors (Lipinski definition) is 1. The Balaban J connectivity index is 1.83. The smallest absolute Gasteiger partial charge is 0.252 e. The van der Waals surface area contributed by atoms with Gasteiger partial charge in [-0.2, -0.15) is 0 Å². The quantitative estimate of drug-likeness (QED) is 0.773. The summed E-state index contributed by atoms with van der Waals surface area (Å²) >= 11 is 0. The largest absolute Gasteiger partial charge is 0.350 e. The van der Waals surface area contributed by atoms with Gasteiger partial charge in [-0.25, -0.2) is 0 Å². The standard InChI is InChI=1S/C15H23NO6/c1-6-7-16-12(17)10-8-9(20-14(2,3)19-8)11-13(18-10)22-15(4,5)21-11/h6,8-11,13H,1,7H2,2-5H3,(H,16,17). The Morgan fingerprint density at radius 1 is 1.05 bits per heavy atom. The van der Waals surface area contributed by atoms with Gasteiger partial charge in [0.2, 0.25) is 0 Å². The predicted molar refractivity (Wildman–Crippen MR) is 75.7 cm³/mol. The van der Waals surface area contributed by atoms with Crippen molar-refractivity contribution in [3.8, 4) is 0 Å². The van der Waals surface area contributed by atoms with E-state index in [9.17, 15) is 4.79 Å². The van der Waals surface area contributed by atoms with Crippen LogP contribution >= 0.6 is 0 Å². The van der Waals surface area contributed by atoms with Gasteiger partial charge in [0.05, 0.1) is 0 Å². The summed E-state index contributed by atoms with van der Waals surface area (Å²) in [6.07, 6.45) is -1.26. The van der Waals surface area contributed by atoms with E-state index in [4.69, 9.17) is 23.7 Å². The third kappa shape index (κ3) is 2.79. The Morgan fingerprint density at radius 3 is 2.32 bits per heavy atom. The Morgan fingerprint density at radius 2 is 1.64 bits per heavy atom. The van der Waals surface area contributed by atoms with Gasteiger partial charge in [-0.1, -0.05) is 6.08 Å². The number of amides is 1. The number of nitrogens with one attached hydrogen (secondary N) is 1. The maximum absolute atomic E-state index is 12.3. The minimum atomic E-state index is -0.814. The maximum Gasteiger partial charge on any atom is 0.252 e. The summed E-state index contributed by atoms with van der Waals surface area (Å²) in [7, 11) is 0. The molecule has 0 aromatic heterocycles. The first kappa shape index (κ1) is 15.9. The molecule has 0 aliphatic carbocycles. The highest BCUT2D eigenvalue weighted by atomic mass is 16.9. The van der Waals surface area contributed by atoms with E-state index < -0.39 is 42.3 Å². The van der Waals surface area contributed by atoms with E-state index in [1.165, 1.54) is 0 Å². The zero-order valence-electron chi connectivity index (χ0n) is 13.3. The molecule has 0 spiro atoms. The van der Waals surface area contributed by atoms with Gasteiger partial charge in [0, 0.05) is 6.54 Å². The fourth-order valence-electron chi connectivity index (χ4n) is 3.10. The SMILES string of the molecule is C=CCNC(=O)C1OC2OC(C)(C)OC2C2OC(C)(C)OC12. The lowest BCUT2D eigenvalue weighted by molar-refractivity contribution is -0.231. The third-order valence-electron chi connectivity index (χ3n) is 3.83. The van der Waals surface area contributed by atoms with Crippen LogP contribution in [0.1, 0.15) is 27.7 Å². The van der Waals surface area contributed by atoms with E-state index in [2.05, 4.69) is 11.9 Å². The molecule has 0 saturated carbocycles. The molecule has 0 aromatic carbocycles. The average Bonchev–Trinajstić information content (AvgIpc) is 2.89. The fourth-order valence-corrected chi connectivity index (χ4v) is 3.10. The zero-order valence-corrected chi connectivity index (χ0v) is 13.3. The summed E-state index contributed by atoms with van der Waals surface area (Å²) in [6, 6.07) is 0. The van der Waals surface area contributed by atoms with Crippen LogP contribution in [0.5, 0.6) is 0 Å². The van der Waals surface area contributed by atoms with Crippen molar-refractivity contribution < 1.29 is 28.5 Å². The van der Waals surface area contributed by atoms with E-state index in [0.29, 0.717) is 6.54 Å². The van der Waals surface area contributed by atoms with Crippen molar-refractivity contribution in [2.24, 2.45) is 0 Å². The molecule has 0 radical (unpaired) electrons. The van der Waals surface area contributed by atoms with Crippen LogP contribution in [0.4, 0.5) is 0 Å². The van der Waals surface area contributed by atoms with Gasteiger partial charge in [0.1, 0.15) is 18.3 Å². The molecule has 0 aromatic rings. The molecule has 3 rings (SSSR count). The number of carbonyl (C=O) groups is 1. The first-order valence-electron chi connectivity index (χ1n) is 7.48. The van der Waals surface area contributed by atoms with E-state index in [1.54, 1.807) is 33.8 Å². The van der Waals surface area contributed by atoms with Crippen molar-refractivity contribution in [2.75, 3.05) is 6.54 Å². The molecule has 0 bridgehead atoms. The van der Waals surface area contributed by atoms with Crippen molar-refractivity contribution in [1.82, 2.24) is 5.32 Å². The van der Waals surface area contributed by atoms with Gasteiger partial charge in [-0.15, -0.1) is 6.58 Å². The van der Waals surface area contributed by atoms with E-state index in [-0.39, 0.29) is 5.91 Å². The number of carbonyl (C=O) groups excluding carboxylic acids is 1. The number of fused-ring (bicyclic) bond motifs is 3. The highest BCUT2D eigenvalue weighted by molar-refractivity contribution is 5.82. The van der Waals surface area contributed by atoms with Crippen LogP contribution in [0.2, 0.25) is 0 Å². The van der Waals surface area contributed by atoms with E-state index in [1.807, 2.05) is 0 Å². The minimum Gasteiger partial charge on any atom is -0.350 e. The molecule has 7 heteroatoms. The Hall–Kier alpha value is -0.990. The van der Waals surface area contributed by atoms with Crippen LogP contribution in [0.3, 0.4) is 0 Å². The van der Waals surface area contributed by atoms with Gasteiger partial charge >= 0.3 is 0 Å². The van der Waals surface area contributed by atoms with Crippen LogP contribution in [-0.4, -0.2) is 54.7 Å². The van der Waals surface area contributed by atoms with Crippen molar-refractivity contribution in [3.05, 3.63) is 12.7 Å². The van der Waals surface area contributed by atoms with Gasteiger partial charge in [0.15, 0.2) is 24.0 Å². The summed E-state index contributed by atoms with van der Waals surface area (Å²) in [5.74, 6) is -1.87. The van der Waals surface area contributed by atoms with Crippen LogP contribution in [0.15, 0.2) is 12.7 Å². The number of hydrogen-bond acceptors (Lipinski definition) is 6. The summed E-state index contributed by atoms with van der Waals surface area (Å²) in [5, 5.41) is 2.73. The lowest BCUT2D eigenvalue weighted by Gasteiger charge is -2.36. The highest BCUT2D eigenvalue weighted by Crippen LogP contribution is 2.44. The highest BCUT2D eigenvalue weighted by Gasteiger charge is 2.62. The molecule has 3 aliphatic rings. The third-order valence-corrected chi connectivity index (χ3v) is 3.83. The second kappa shape index (κ2) is 5.28. The summed E-state index contributed by atoms with van der Waals surface area (Å²) in [5.41, 5.74) is 0. The molecule has 3 fully saturated rings. The number of ether oxygens (including phenoxy) is 5. The summed E-state index contributed by atoms with van der Waals surface area (Å²) in [4.78, 5) is 12.3. The lowest BCUT2D eigenvalue weighted by Crippen LogP contribution is -2.59.